The van der Waals surface area contributed by atoms with Gasteiger partial charge >= 0.3 is 0 Å². The van der Waals surface area contributed by atoms with Crippen molar-refractivity contribution in [3.63, 3.8) is 0 Å². The predicted octanol–water partition coefficient (Wildman–Crippen LogP) is 3.00. The van der Waals surface area contributed by atoms with Crippen molar-refractivity contribution in [1.29, 1.82) is 0 Å². The summed E-state index contributed by atoms with van der Waals surface area (Å²) in [5, 5.41) is 2.55. The summed E-state index contributed by atoms with van der Waals surface area (Å²) in [7, 11) is -2.90. The van der Waals surface area contributed by atoms with Crippen molar-refractivity contribution in [2.24, 2.45) is 5.73 Å². The summed E-state index contributed by atoms with van der Waals surface area (Å²) in [6, 6.07) is 16.9. The van der Waals surface area contributed by atoms with Gasteiger partial charge in [-0.15, -0.1) is 0 Å². The Bertz CT molecular complexity index is 1230. The number of hydrogen-bond acceptors (Lipinski definition) is 4. The molecule has 0 saturated carbocycles. The summed E-state index contributed by atoms with van der Waals surface area (Å²) in [5.74, 6) is -2.04. The van der Waals surface area contributed by atoms with Gasteiger partial charge in [0, 0.05) is 12.6 Å². The first-order valence-electron chi connectivity index (χ1n) is 8.75. The van der Waals surface area contributed by atoms with E-state index in [1.54, 1.807) is 12.1 Å². The second kappa shape index (κ2) is 8.34. The van der Waals surface area contributed by atoms with Crippen LogP contribution in [0.15, 0.2) is 77.7 Å². The van der Waals surface area contributed by atoms with E-state index in [9.17, 15) is 22.4 Å². The van der Waals surface area contributed by atoms with E-state index in [0.29, 0.717) is 0 Å². The van der Waals surface area contributed by atoms with E-state index in [2.05, 4.69) is 5.32 Å². The molecule has 0 saturated heterocycles. The average molecular weight is 427 g/mol. The molecule has 0 aliphatic carbocycles. The molecular formula is C21H18FN3O4S. The van der Waals surface area contributed by atoms with E-state index >= 15 is 0 Å². The molecule has 30 heavy (non-hydrogen) atoms. The molecule has 0 atom stereocenters. The highest BCUT2D eigenvalue weighted by atomic mass is 32.2. The number of amides is 2. The molecule has 2 amide bonds. The fourth-order valence-electron chi connectivity index (χ4n) is 2.79. The number of nitrogens with two attached hydrogens (primary N) is 1. The van der Waals surface area contributed by atoms with Crippen LogP contribution in [0, 0.1) is 5.82 Å². The van der Waals surface area contributed by atoms with E-state index in [0.717, 1.165) is 10.4 Å². The van der Waals surface area contributed by atoms with Crippen LogP contribution in [0.1, 0.15) is 20.7 Å². The van der Waals surface area contributed by atoms with Crippen molar-refractivity contribution in [3.8, 4) is 0 Å². The molecular weight excluding hydrogens is 409 g/mol. The number of primary amides is 1. The van der Waals surface area contributed by atoms with Gasteiger partial charge in [0.15, 0.2) is 0 Å². The van der Waals surface area contributed by atoms with Crippen LogP contribution in [-0.4, -0.2) is 27.3 Å². The SMILES string of the molecule is CN(c1ccccc1F)S(=O)(=O)c1cccc(C(=O)Nc2ccccc2C(N)=O)c1. The molecule has 0 aliphatic heterocycles. The number of nitrogens with zero attached hydrogens (tertiary/aromatic N) is 1. The number of rotatable bonds is 6. The molecule has 154 valence electrons. The monoisotopic (exact) mass is 427 g/mol. The topological polar surface area (TPSA) is 110 Å². The molecule has 9 heteroatoms. The number of carbonyl (C=O) groups excluding carboxylic acids is 2. The molecule has 0 unspecified atom stereocenters. The zero-order valence-corrected chi connectivity index (χ0v) is 16.7. The lowest BCUT2D eigenvalue weighted by molar-refractivity contribution is 0.100. The van der Waals surface area contributed by atoms with Crippen LogP contribution in [0.5, 0.6) is 0 Å². The minimum Gasteiger partial charge on any atom is -0.366 e. The van der Waals surface area contributed by atoms with E-state index in [-0.39, 0.29) is 27.4 Å². The molecule has 3 N–H and O–H groups in total. The fourth-order valence-corrected chi connectivity index (χ4v) is 4.04. The van der Waals surface area contributed by atoms with Crippen molar-refractivity contribution in [2.45, 2.75) is 4.90 Å². The third kappa shape index (κ3) is 4.15. The number of sulfonamides is 1. The maximum absolute atomic E-state index is 14.0. The van der Waals surface area contributed by atoms with Crippen molar-refractivity contribution < 1.29 is 22.4 Å². The summed E-state index contributed by atoms with van der Waals surface area (Å²) in [6.07, 6.45) is 0. The van der Waals surface area contributed by atoms with Gasteiger partial charge in [0.2, 0.25) is 0 Å². The Kier molecular flexibility index (Phi) is 5.84. The van der Waals surface area contributed by atoms with E-state index in [1.807, 2.05) is 0 Å². The third-order valence-electron chi connectivity index (χ3n) is 4.39. The predicted molar refractivity (Wildman–Crippen MR) is 111 cm³/mol. The molecule has 0 fully saturated rings. The van der Waals surface area contributed by atoms with Crippen molar-refractivity contribution in [2.75, 3.05) is 16.7 Å². The Morgan fingerprint density at radius 2 is 1.63 bits per heavy atom. The lowest BCUT2D eigenvalue weighted by Gasteiger charge is -2.20. The second-order valence-electron chi connectivity index (χ2n) is 6.32. The Balaban J connectivity index is 1.92. The van der Waals surface area contributed by atoms with E-state index in [4.69, 9.17) is 5.73 Å². The number of carbonyl (C=O) groups is 2. The number of nitrogens with one attached hydrogen (secondary N) is 1. The van der Waals surface area contributed by atoms with Gasteiger partial charge in [-0.05, 0) is 42.5 Å². The van der Waals surface area contributed by atoms with Crippen molar-refractivity contribution in [1.82, 2.24) is 0 Å². The summed E-state index contributed by atoms with van der Waals surface area (Å²) < 4.78 is 40.7. The highest BCUT2D eigenvalue weighted by molar-refractivity contribution is 7.92. The smallest absolute Gasteiger partial charge is 0.264 e. The maximum Gasteiger partial charge on any atom is 0.264 e. The summed E-state index contributed by atoms with van der Waals surface area (Å²) in [6.45, 7) is 0. The zero-order chi connectivity index (χ0) is 21.9. The van der Waals surface area contributed by atoms with Gasteiger partial charge in [-0.1, -0.05) is 30.3 Å². The van der Waals surface area contributed by atoms with Crippen LogP contribution in [0.3, 0.4) is 0 Å². The quantitative estimate of drug-likeness (QED) is 0.630. The standard InChI is InChI=1S/C21H18FN3O4S/c1-25(19-12-5-3-10-17(19)22)30(28,29)15-8-6-7-14(13-15)21(27)24-18-11-4-2-9-16(18)20(23)26/h2-13H,1H3,(H2,23,26)(H,24,27). The minimum absolute atomic E-state index is 0.0392. The molecule has 0 aliphatic rings. The van der Waals surface area contributed by atoms with Crippen molar-refractivity contribution in [3.05, 3.63) is 89.7 Å². The Hall–Kier alpha value is -3.72. The molecule has 7 nitrogen and oxygen atoms in total. The lowest BCUT2D eigenvalue weighted by Crippen LogP contribution is -2.27. The molecule has 0 radical (unpaired) electrons. The van der Waals surface area contributed by atoms with Gasteiger partial charge in [0.1, 0.15) is 5.82 Å². The molecule has 0 bridgehead atoms. The summed E-state index contributed by atoms with van der Waals surface area (Å²) in [5.41, 5.74) is 5.54. The first-order valence-corrected chi connectivity index (χ1v) is 10.2. The first-order chi connectivity index (χ1) is 14.2. The maximum atomic E-state index is 14.0. The normalized spacial score (nSPS) is 11.0. The molecule has 0 aromatic heterocycles. The number of anilines is 2. The highest BCUT2D eigenvalue weighted by Gasteiger charge is 2.24. The van der Waals surface area contributed by atoms with Gasteiger partial charge in [-0.2, -0.15) is 0 Å². The van der Waals surface area contributed by atoms with Gasteiger partial charge in [-0.25, -0.2) is 12.8 Å². The first kappa shape index (κ1) is 21.0. The molecule has 3 rings (SSSR count). The number of halogens is 1. The van der Waals surface area contributed by atoms with Crippen LogP contribution < -0.4 is 15.4 Å². The molecule has 0 spiro atoms. The van der Waals surface area contributed by atoms with Gasteiger partial charge < -0.3 is 11.1 Å². The van der Waals surface area contributed by atoms with Crippen LogP contribution >= 0.6 is 0 Å². The largest absolute Gasteiger partial charge is 0.366 e. The van der Waals surface area contributed by atoms with Gasteiger partial charge in [0.25, 0.3) is 21.8 Å². The number of hydrogen-bond donors (Lipinski definition) is 2. The summed E-state index contributed by atoms with van der Waals surface area (Å²) in [4.78, 5) is 24.0. The van der Waals surface area contributed by atoms with Crippen LogP contribution in [0.25, 0.3) is 0 Å². The Morgan fingerprint density at radius 1 is 0.967 bits per heavy atom. The number of benzene rings is 3. The highest BCUT2D eigenvalue weighted by Crippen LogP contribution is 2.25. The summed E-state index contributed by atoms with van der Waals surface area (Å²) >= 11 is 0. The van der Waals surface area contributed by atoms with Crippen LogP contribution in [-0.2, 0) is 10.0 Å². The van der Waals surface area contributed by atoms with Crippen LogP contribution in [0.2, 0.25) is 0 Å². The zero-order valence-electron chi connectivity index (χ0n) is 15.9. The van der Waals surface area contributed by atoms with Gasteiger partial charge in [-0.3, -0.25) is 13.9 Å². The minimum atomic E-state index is -4.13. The molecule has 3 aromatic carbocycles. The molecule has 0 heterocycles. The Labute approximate surface area is 173 Å². The Morgan fingerprint density at radius 3 is 2.33 bits per heavy atom. The van der Waals surface area contributed by atoms with Gasteiger partial charge in [0.05, 0.1) is 21.8 Å². The number of para-hydroxylation sites is 2. The average Bonchev–Trinajstić information content (AvgIpc) is 2.74. The molecule has 3 aromatic rings. The fraction of sp³-hybridized carbons (Fsp3) is 0.0476. The lowest BCUT2D eigenvalue weighted by atomic mass is 10.1. The van der Waals surface area contributed by atoms with E-state index in [1.165, 1.54) is 61.6 Å². The van der Waals surface area contributed by atoms with Crippen LogP contribution in [0.4, 0.5) is 15.8 Å². The van der Waals surface area contributed by atoms with Crippen molar-refractivity contribution >= 4 is 33.2 Å². The third-order valence-corrected chi connectivity index (χ3v) is 6.15. The second-order valence-corrected chi connectivity index (χ2v) is 8.28. The van der Waals surface area contributed by atoms with E-state index < -0.39 is 27.7 Å².